The molecule has 0 bridgehead atoms. The lowest BCUT2D eigenvalue weighted by Gasteiger charge is -2.02. The van der Waals surface area contributed by atoms with Gasteiger partial charge in [0.2, 0.25) is 0 Å². The molecular formula is C15H18BrFN2O2. The van der Waals surface area contributed by atoms with E-state index in [9.17, 15) is 4.39 Å². The molecule has 4 nitrogen and oxygen atoms in total. The van der Waals surface area contributed by atoms with E-state index in [1.807, 2.05) is 0 Å². The summed E-state index contributed by atoms with van der Waals surface area (Å²) in [6.45, 7) is 2.45. The smallest absolute Gasteiger partial charge is 0.194 e. The molecule has 0 unspecified atom stereocenters. The first-order valence-corrected chi connectivity index (χ1v) is 7.60. The van der Waals surface area contributed by atoms with Crippen LogP contribution in [-0.4, -0.2) is 31.8 Å². The zero-order valence-corrected chi connectivity index (χ0v) is 13.5. The summed E-state index contributed by atoms with van der Waals surface area (Å²) >= 11 is 3.17. The number of ether oxygens (including phenoxy) is 1. The molecule has 0 saturated carbocycles. The standard InChI is InChI=1S/C15H18BrFN2O2/c1-20-8-7-18-6-2-3-15-19-10-14(21-15)11-4-5-13(17)12(16)9-11/h4-5,9-10,18H,2-3,6-8H2,1H3. The van der Waals surface area contributed by atoms with Crippen LogP contribution in [0.5, 0.6) is 0 Å². The first-order valence-electron chi connectivity index (χ1n) is 6.80. The van der Waals surface area contributed by atoms with Gasteiger partial charge in [-0.1, -0.05) is 0 Å². The molecule has 0 atom stereocenters. The fourth-order valence-electron chi connectivity index (χ4n) is 1.87. The zero-order chi connectivity index (χ0) is 15.1. The molecule has 1 N–H and O–H groups in total. The number of hydrogen-bond acceptors (Lipinski definition) is 4. The third-order valence-corrected chi connectivity index (χ3v) is 3.59. The largest absolute Gasteiger partial charge is 0.441 e. The van der Waals surface area contributed by atoms with Crippen LogP contribution < -0.4 is 5.32 Å². The molecule has 0 aliphatic heterocycles. The molecule has 6 heteroatoms. The summed E-state index contributed by atoms with van der Waals surface area (Å²) in [7, 11) is 1.68. The number of hydrogen-bond donors (Lipinski definition) is 1. The van der Waals surface area contributed by atoms with Crippen LogP contribution in [0.15, 0.2) is 33.3 Å². The number of aromatic nitrogens is 1. The van der Waals surface area contributed by atoms with E-state index in [4.69, 9.17) is 9.15 Å². The second kappa shape index (κ2) is 8.26. The molecule has 0 spiro atoms. The van der Waals surface area contributed by atoms with Crippen molar-refractivity contribution in [3.8, 4) is 11.3 Å². The highest BCUT2D eigenvalue weighted by atomic mass is 79.9. The average molecular weight is 357 g/mol. The van der Waals surface area contributed by atoms with Crippen LogP contribution in [0.25, 0.3) is 11.3 Å². The van der Waals surface area contributed by atoms with Gasteiger partial charge in [-0.05, 0) is 47.1 Å². The molecular weight excluding hydrogens is 339 g/mol. The Kier molecular flexibility index (Phi) is 6.35. The Morgan fingerprint density at radius 3 is 3.00 bits per heavy atom. The average Bonchev–Trinajstić information content (AvgIpc) is 2.94. The summed E-state index contributed by atoms with van der Waals surface area (Å²) in [5.41, 5.74) is 0.806. The predicted molar refractivity (Wildman–Crippen MR) is 82.7 cm³/mol. The van der Waals surface area contributed by atoms with E-state index in [-0.39, 0.29) is 5.82 Å². The summed E-state index contributed by atoms with van der Waals surface area (Å²) in [6.07, 6.45) is 3.38. The number of halogens is 2. The summed E-state index contributed by atoms with van der Waals surface area (Å²) in [5.74, 6) is 1.05. The van der Waals surface area contributed by atoms with Gasteiger partial charge < -0.3 is 14.5 Å². The highest BCUT2D eigenvalue weighted by Gasteiger charge is 2.08. The summed E-state index contributed by atoms with van der Waals surface area (Å²) in [5, 5.41) is 3.27. The number of rotatable bonds is 8. The Morgan fingerprint density at radius 2 is 2.24 bits per heavy atom. The van der Waals surface area contributed by atoms with E-state index >= 15 is 0 Å². The maximum absolute atomic E-state index is 13.2. The predicted octanol–water partition coefficient (Wildman–Crippen LogP) is 3.41. The molecule has 2 aromatic rings. The van der Waals surface area contributed by atoms with Crippen LogP contribution in [0.1, 0.15) is 12.3 Å². The molecule has 0 amide bonds. The van der Waals surface area contributed by atoms with Crippen molar-refractivity contribution in [3.05, 3.63) is 40.6 Å². The minimum absolute atomic E-state index is 0.291. The fourth-order valence-corrected chi connectivity index (χ4v) is 2.25. The Hall–Kier alpha value is -1.24. The maximum Gasteiger partial charge on any atom is 0.194 e. The van der Waals surface area contributed by atoms with E-state index in [0.29, 0.717) is 22.7 Å². The van der Waals surface area contributed by atoms with E-state index in [0.717, 1.165) is 31.5 Å². The van der Waals surface area contributed by atoms with Crippen molar-refractivity contribution in [2.45, 2.75) is 12.8 Å². The number of oxazole rings is 1. The molecule has 1 heterocycles. The first-order chi connectivity index (χ1) is 10.2. The molecule has 0 radical (unpaired) electrons. The van der Waals surface area contributed by atoms with Crippen molar-refractivity contribution in [1.82, 2.24) is 10.3 Å². The number of aryl methyl sites for hydroxylation is 1. The number of nitrogens with zero attached hydrogens (tertiary/aromatic N) is 1. The van der Waals surface area contributed by atoms with Gasteiger partial charge in [-0.25, -0.2) is 9.37 Å². The molecule has 0 aliphatic rings. The summed E-state index contributed by atoms with van der Waals surface area (Å²) in [4.78, 5) is 4.25. The van der Waals surface area contributed by atoms with Crippen molar-refractivity contribution >= 4 is 15.9 Å². The van der Waals surface area contributed by atoms with Gasteiger partial charge in [0.05, 0.1) is 17.3 Å². The minimum atomic E-state index is -0.291. The minimum Gasteiger partial charge on any atom is -0.441 e. The van der Waals surface area contributed by atoms with Crippen molar-refractivity contribution < 1.29 is 13.5 Å². The van der Waals surface area contributed by atoms with Gasteiger partial charge in [-0.3, -0.25) is 0 Å². The van der Waals surface area contributed by atoms with Gasteiger partial charge in [-0.2, -0.15) is 0 Å². The van der Waals surface area contributed by atoms with Crippen LogP contribution in [0.2, 0.25) is 0 Å². The SMILES string of the molecule is COCCNCCCc1ncc(-c2ccc(F)c(Br)c2)o1. The Bertz CT molecular complexity index is 575. The number of nitrogens with one attached hydrogen (secondary N) is 1. The van der Waals surface area contributed by atoms with E-state index < -0.39 is 0 Å². The molecule has 2 rings (SSSR count). The van der Waals surface area contributed by atoms with Crippen LogP contribution in [-0.2, 0) is 11.2 Å². The summed E-state index contributed by atoms with van der Waals surface area (Å²) in [6, 6.07) is 4.77. The van der Waals surface area contributed by atoms with Crippen molar-refractivity contribution in [2.24, 2.45) is 0 Å². The second-order valence-corrected chi connectivity index (χ2v) is 5.45. The molecule has 21 heavy (non-hydrogen) atoms. The normalized spacial score (nSPS) is 11.0. The lowest BCUT2D eigenvalue weighted by molar-refractivity contribution is 0.199. The van der Waals surface area contributed by atoms with Crippen molar-refractivity contribution in [1.29, 1.82) is 0 Å². The topological polar surface area (TPSA) is 47.3 Å². The summed E-state index contributed by atoms with van der Waals surface area (Å²) < 4.78 is 24.3. The van der Waals surface area contributed by atoms with Crippen LogP contribution in [0.3, 0.4) is 0 Å². The van der Waals surface area contributed by atoms with Gasteiger partial charge in [0, 0.05) is 25.6 Å². The zero-order valence-electron chi connectivity index (χ0n) is 11.9. The molecule has 1 aromatic carbocycles. The van der Waals surface area contributed by atoms with Crippen LogP contribution in [0, 0.1) is 5.82 Å². The quantitative estimate of drug-likeness (QED) is 0.736. The lowest BCUT2D eigenvalue weighted by atomic mass is 10.2. The Labute approximate surface area is 131 Å². The van der Waals surface area contributed by atoms with E-state index in [1.165, 1.54) is 6.07 Å². The monoisotopic (exact) mass is 356 g/mol. The van der Waals surface area contributed by atoms with Gasteiger partial charge in [0.25, 0.3) is 0 Å². The van der Waals surface area contributed by atoms with Crippen LogP contribution in [0.4, 0.5) is 4.39 Å². The number of benzene rings is 1. The lowest BCUT2D eigenvalue weighted by Crippen LogP contribution is -2.20. The fraction of sp³-hybridized carbons (Fsp3) is 0.400. The third-order valence-electron chi connectivity index (χ3n) is 2.98. The molecule has 0 fully saturated rings. The van der Waals surface area contributed by atoms with Crippen molar-refractivity contribution in [3.63, 3.8) is 0 Å². The van der Waals surface area contributed by atoms with Gasteiger partial charge in [-0.15, -0.1) is 0 Å². The molecule has 1 aromatic heterocycles. The Morgan fingerprint density at radius 1 is 1.38 bits per heavy atom. The second-order valence-electron chi connectivity index (χ2n) is 4.59. The molecule has 0 saturated heterocycles. The van der Waals surface area contributed by atoms with Gasteiger partial charge >= 0.3 is 0 Å². The number of methoxy groups -OCH3 is 1. The van der Waals surface area contributed by atoms with Gasteiger partial charge in [0.15, 0.2) is 11.7 Å². The van der Waals surface area contributed by atoms with Gasteiger partial charge in [0.1, 0.15) is 5.82 Å². The van der Waals surface area contributed by atoms with Crippen molar-refractivity contribution in [2.75, 3.05) is 26.8 Å². The highest BCUT2D eigenvalue weighted by Crippen LogP contribution is 2.25. The maximum atomic E-state index is 13.2. The van der Waals surface area contributed by atoms with E-state index in [2.05, 4.69) is 26.2 Å². The molecule has 114 valence electrons. The third kappa shape index (κ3) is 4.91. The van der Waals surface area contributed by atoms with Crippen LogP contribution >= 0.6 is 15.9 Å². The highest BCUT2D eigenvalue weighted by molar-refractivity contribution is 9.10. The first kappa shape index (κ1) is 16.1. The molecule has 0 aliphatic carbocycles. The van der Waals surface area contributed by atoms with E-state index in [1.54, 1.807) is 25.4 Å². The Balaban J connectivity index is 1.85.